The summed E-state index contributed by atoms with van der Waals surface area (Å²) in [5.74, 6) is -0.0806. The van der Waals surface area contributed by atoms with Gasteiger partial charge in [0.25, 0.3) is 0 Å². The molecule has 0 spiro atoms. The lowest BCUT2D eigenvalue weighted by molar-refractivity contribution is -0.117. The minimum absolute atomic E-state index is 0.0806. The van der Waals surface area contributed by atoms with Crippen LogP contribution in [0.2, 0.25) is 0 Å². The second-order valence-electron chi connectivity index (χ2n) is 3.17. The molecule has 76 valence electrons. The van der Waals surface area contributed by atoms with Crippen LogP contribution in [0.15, 0.2) is 12.2 Å². The molecule has 3 nitrogen and oxygen atoms in total. The van der Waals surface area contributed by atoms with Gasteiger partial charge in [-0.25, -0.2) is 0 Å². The highest BCUT2D eigenvalue weighted by molar-refractivity contribution is 5.91. The topological polar surface area (TPSA) is 41.1 Å². The molecule has 0 aromatic carbocycles. The van der Waals surface area contributed by atoms with Crippen molar-refractivity contribution in [1.82, 2.24) is 10.6 Å². The van der Waals surface area contributed by atoms with Gasteiger partial charge >= 0.3 is 0 Å². The van der Waals surface area contributed by atoms with Gasteiger partial charge in [0.2, 0.25) is 5.91 Å². The molecule has 0 aliphatic heterocycles. The summed E-state index contributed by atoms with van der Waals surface area (Å²) in [4.78, 5) is 11.0. The average Bonchev–Trinajstić information content (AvgIpc) is 2.10. The van der Waals surface area contributed by atoms with Crippen molar-refractivity contribution in [3.8, 4) is 0 Å². The molecule has 0 aromatic heterocycles. The Morgan fingerprint density at radius 1 is 1.38 bits per heavy atom. The number of unbranched alkanes of at least 4 members (excludes halogenated alkanes) is 2. The van der Waals surface area contributed by atoms with Crippen LogP contribution in [0.25, 0.3) is 0 Å². The minimum atomic E-state index is -0.0806. The van der Waals surface area contributed by atoms with Crippen molar-refractivity contribution < 1.29 is 4.79 Å². The van der Waals surface area contributed by atoms with Crippen LogP contribution in [-0.4, -0.2) is 19.1 Å². The molecule has 0 saturated heterocycles. The maximum absolute atomic E-state index is 11.0. The summed E-state index contributed by atoms with van der Waals surface area (Å²) in [6, 6.07) is 0. The fourth-order valence-corrected chi connectivity index (χ4v) is 0.882. The van der Waals surface area contributed by atoms with E-state index in [1.165, 1.54) is 19.3 Å². The van der Waals surface area contributed by atoms with E-state index in [0.717, 1.165) is 6.54 Å². The molecular formula is C10H20N2O. The first-order valence-electron chi connectivity index (χ1n) is 4.83. The van der Waals surface area contributed by atoms with Gasteiger partial charge in [-0.3, -0.25) is 10.1 Å². The standard InChI is InChI=1S/C10H20N2O/c1-4-5-6-7-11-8-12-10(13)9(2)3/h11H,2,4-8H2,1,3H3,(H,12,13). The predicted octanol–water partition coefficient (Wildman–Crippen LogP) is 1.42. The van der Waals surface area contributed by atoms with Crippen LogP contribution in [-0.2, 0) is 4.79 Å². The normalized spacial score (nSPS) is 9.69. The second kappa shape index (κ2) is 7.80. The number of carbonyl (C=O) groups is 1. The Balaban J connectivity index is 3.16. The summed E-state index contributed by atoms with van der Waals surface area (Å²) < 4.78 is 0. The molecule has 3 heteroatoms. The van der Waals surface area contributed by atoms with E-state index in [4.69, 9.17) is 0 Å². The highest BCUT2D eigenvalue weighted by atomic mass is 16.1. The van der Waals surface area contributed by atoms with E-state index >= 15 is 0 Å². The maximum atomic E-state index is 11.0. The molecule has 0 saturated carbocycles. The fraction of sp³-hybridized carbons (Fsp3) is 0.700. The SMILES string of the molecule is C=C(C)C(=O)NCNCCCCC. The Morgan fingerprint density at radius 3 is 2.62 bits per heavy atom. The lowest BCUT2D eigenvalue weighted by atomic mass is 10.2. The molecule has 0 radical (unpaired) electrons. The second-order valence-corrected chi connectivity index (χ2v) is 3.17. The van der Waals surface area contributed by atoms with Gasteiger partial charge in [-0.1, -0.05) is 26.3 Å². The van der Waals surface area contributed by atoms with Crippen molar-refractivity contribution in [3.63, 3.8) is 0 Å². The van der Waals surface area contributed by atoms with Crippen LogP contribution >= 0.6 is 0 Å². The molecule has 13 heavy (non-hydrogen) atoms. The van der Waals surface area contributed by atoms with Gasteiger partial charge in [-0.05, 0) is 19.9 Å². The van der Waals surface area contributed by atoms with Gasteiger partial charge in [0.1, 0.15) is 0 Å². The van der Waals surface area contributed by atoms with Crippen LogP contribution in [0.5, 0.6) is 0 Å². The first kappa shape index (κ1) is 12.2. The van der Waals surface area contributed by atoms with Crippen LogP contribution < -0.4 is 10.6 Å². The van der Waals surface area contributed by atoms with Crippen LogP contribution in [0.3, 0.4) is 0 Å². The van der Waals surface area contributed by atoms with Crippen LogP contribution in [0.4, 0.5) is 0 Å². The van der Waals surface area contributed by atoms with E-state index in [2.05, 4.69) is 24.1 Å². The van der Waals surface area contributed by atoms with Gasteiger partial charge < -0.3 is 5.32 Å². The van der Waals surface area contributed by atoms with Gasteiger partial charge in [-0.2, -0.15) is 0 Å². The first-order chi connectivity index (χ1) is 6.18. The number of nitrogens with one attached hydrogen (secondary N) is 2. The van der Waals surface area contributed by atoms with E-state index in [1.54, 1.807) is 6.92 Å². The summed E-state index contributed by atoms with van der Waals surface area (Å²) in [6.45, 7) is 8.91. The minimum Gasteiger partial charge on any atom is -0.340 e. The monoisotopic (exact) mass is 184 g/mol. The molecule has 0 aliphatic rings. The van der Waals surface area contributed by atoms with Crippen molar-refractivity contribution in [3.05, 3.63) is 12.2 Å². The van der Waals surface area contributed by atoms with Gasteiger partial charge in [0.05, 0.1) is 6.67 Å². The van der Waals surface area contributed by atoms with Crippen molar-refractivity contribution in [2.24, 2.45) is 0 Å². The largest absolute Gasteiger partial charge is 0.340 e. The third-order valence-electron chi connectivity index (χ3n) is 1.72. The highest BCUT2D eigenvalue weighted by Crippen LogP contribution is 1.90. The molecule has 0 bridgehead atoms. The maximum Gasteiger partial charge on any atom is 0.247 e. The molecule has 2 N–H and O–H groups in total. The zero-order chi connectivity index (χ0) is 10.1. The van der Waals surface area contributed by atoms with Crippen molar-refractivity contribution in [2.75, 3.05) is 13.2 Å². The number of hydrogen-bond acceptors (Lipinski definition) is 2. The van der Waals surface area contributed by atoms with Gasteiger partial charge in [-0.15, -0.1) is 0 Å². The Kier molecular flexibility index (Phi) is 7.30. The third-order valence-corrected chi connectivity index (χ3v) is 1.72. The quantitative estimate of drug-likeness (QED) is 0.357. The lowest BCUT2D eigenvalue weighted by Gasteiger charge is -2.05. The molecular weight excluding hydrogens is 164 g/mol. The summed E-state index contributed by atoms with van der Waals surface area (Å²) in [5.41, 5.74) is 0.551. The Bertz CT molecular complexity index is 166. The van der Waals surface area contributed by atoms with Crippen molar-refractivity contribution >= 4 is 5.91 Å². The molecule has 1 amide bonds. The van der Waals surface area contributed by atoms with E-state index in [-0.39, 0.29) is 5.91 Å². The molecule has 0 heterocycles. The fourth-order valence-electron chi connectivity index (χ4n) is 0.882. The zero-order valence-corrected chi connectivity index (χ0v) is 8.65. The van der Waals surface area contributed by atoms with Gasteiger partial charge in [0, 0.05) is 5.57 Å². The van der Waals surface area contributed by atoms with E-state index < -0.39 is 0 Å². The highest BCUT2D eigenvalue weighted by Gasteiger charge is 1.97. The van der Waals surface area contributed by atoms with Crippen molar-refractivity contribution in [2.45, 2.75) is 33.1 Å². The first-order valence-corrected chi connectivity index (χ1v) is 4.83. The van der Waals surface area contributed by atoms with E-state index in [9.17, 15) is 4.79 Å². The number of carbonyl (C=O) groups excluding carboxylic acids is 1. The zero-order valence-electron chi connectivity index (χ0n) is 8.65. The van der Waals surface area contributed by atoms with E-state index in [1.807, 2.05) is 0 Å². The Morgan fingerprint density at radius 2 is 2.08 bits per heavy atom. The Labute approximate surface area is 80.6 Å². The smallest absolute Gasteiger partial charge is 0.247 e. The van der Waals surface area contributed by atoms with Crippen molar-refractivity contribution in [1.29, 1.82) is 0 Å². The van der Waals surface area contributed by atoms with Crippen LogP contribution in [0.1, 0.15) is 33.1 Å². The predicted molar refractivity (Wildman–Crippen MR) is 55.4 cm³/mol. The molecule has 0 atom stereocenters. The molecule has 0 aromatic rings. The third kappa shape index (κ3) is 7.53. The number of amides is 1. The lowest BCUT2D eigenvalue weighted by Crippen LogP contribution is -2.34. The summed E-state index contributed by atoms with van der Waals surface area (Å²) >= 11 is 0. The summed E-state index contributed by atoms with van der Waals surface area (Å²) in [7, 11) is 0. The summed E-state index contributed by atoms with van der Waals surface area (Å²) in [5, 5.41) is 5.84. The molecule has 0 aliphatic carbocycles. The van der Waals surface area contributed by atoms with Crippen LogP contribution in [0, 0.1) is 0 Å². The average molecular weight is 184 g/mol. The molecule has 0 unspecified atom stereocenters. The van der Waals surface area contributed by atoms with Gasteiger partial charge in [0.15, 0.2) is 0 Å². The number of hydrogen-bond donors (Lipinski definition) is 2. The Hall–Kier alpha value is -0.830. The van der Waals surface area contributed by atoms with E-state index in [0.29, 0.717) is 12.2 Å². The number of rotatable bonds is 7. The molecule has 0 rings (SSSR count). The summed E-state index contributed by atoms with van der Waals surface area (Å²) in [6.07, 6.45) is 3.63. The molecule has 0 fully saturated rings.